The Balaban J connectivity index is 2.24. The molecule has 4 nitrogen and oxygen atoms in total. The van der Waals surface area contributed by atoms with E-state index in [1.165, 1.54) is 5.56 Å². The Kier molecular flexibility index (Phi) is 6.46. The van der Waals surface area contributed by atoms with Crippen molar-refractivity contribution in [3.63, 3.8) is 0 Å². The van der Waals surface area contributed by atoms with Gasteiger partial charge in [0, 0.05) is 19.6 Å². The lowest BCUT2D eigenvalue weighted by molar-refractivity contribution is 0.412. The van der Waals surface area contributed by atoms with E-state index in [1.807, 2.05) is 38.4 Å². The molecule has 0 radical (unpaired) electrons. The molecule has 18 heavy (non-hydrogen) atoms. The normalized spacial score (nSPS) is 10.2. The standard InChI is InChI=1S/C13H21N3OS/c1-16(2)9-8-14-13(18)15-10-11-4-6-12(17-3)7-5-11/h4-7H,8-10H2,1-3H3,(H2,14,15,18). The Bertz CT molecular complexity index is 365. The van der Waals surface area contributed by atoms with Crippen LogP contribution in [0.4, 0.5) is 0 Å². The van der Waals surface area contributed by atoms with Crippen LogP contribution < -0.4 is 15.4 Å². The summed E-state index contributed by atoms with van der Waals surface area (Å²) in [6, 6.07) is 7.93. The van der Waals surface area contributed by atoms with E-state index in [1.54, 1.807) is 7.11 Å². The molecule has 0 saturated carbocycles. The minimum absolute atomic E-state index is 0.688. The van der Waals surface area contributed by atoms with E-state index in [0.29, 0.717) is 5.11 Å². The van der Waals surface area contributed by atoms with Crippen LogP contribution >= 0.6 is 12.2 Å². The van der Waals surface area contributed by atoms with Gasteiger partial charge in [-0.15, -0.1) is 0 Å². The van der Waals surface area contributed by atoms with Crippen LogP contribution in [0, 0.1) is 0 Å². The average Bonchev–Trinajstić information content (AvgIpc) is 2.36. The van der Waals surface area contributed by atoms with Crippen molar-refractivity contribution < 1.29 is 4.74 Å². The van der Waals surface area contributed by atoms with Gasteiger partial charge in [0.25, 0.3) is 0 Å². The zero-order valence-electron chi connectivity index (χ0n) is 11.2. The van der Waals surface area contributed by atoms with E-state index in [9.17, 15) is 0 Å². The number of hydrogen-bond donors (Lipinski definition) is 2. The first-order chi connectivity index (χ1) is 8.61. The van der Waals surface area contributed by atoms with Crippen LogP contribution in [0.25, 0.3) is 0 Å². The van der Waals surface area contributed by atoms with Crippen molar-refractivity contribution in [1.82, 2.24) is 15.5 Å². The van der Waals surface area contributed by atoms with Crippen molar-refractivity contribution in [2.24, 2.45) is 0 Å². The number of rotatable bonds is 6. The second-order valence-corrected chi connectivity index (χ2v) is 4.67. The number of likely N-dealkylation sites (N-methyl/N-ethyl adjacent to an activating group) is 1. The average molecular weight is 267 g/mol. The summed E-state index contributed by atoms with van der Waals surface area (Å²) in [5.74, 6) is 0.866. The molecule has 0 amide bonds. The molecule has 1 aromatic carbocycles. The summed E-state index contributed by atoms with van der Waals surface area (Å²) in [5, 5.41) is 7.02. The number of benzene rings is 1. The fourth-order valence-corrected chi connectivity index (χ4v) is 1.56. The summed E-state index contributed by atoms with van der Waals surface area (Å²) >= 11 is 5.19. The Labute approximate surface area is 114 Å². The zero-order chi connectivity index (χ0) is 13.4. The van der Waals surface area contributed by atoms with Crippen LogP contribution in [0.15, 0.2) is 24.3 Å². The summed E-state index contributed by atoms with van der Waals surface area (Å²) in [7, 11) is 5.74. The van der Waals surface area contributed by atoms with E-state index >= 15 is 0 Å². The molecule has 0 fully saturated rings. The van der Waals surface area contributed by atoms with E-state index in [2.05, 4.69) is 15.5 Å². The number of nitrogens with one attached hydrogen (secondary N) is 2. The van der Waals surface area contributed by atoms with Gasteiger partial charge in [0.15, 0.2) is 5.11 Å². The second kappa shape index (κ2) is 7.89. The minimum Gasteiger partial charge on any atom is -0.497 e. The van der Waals surface area contributed by atoms with Crippen LogP contribution in [0.3, 0.4) is 0 Å². The third-order valence-electron chi connectivity index (χ3n) is 2.46. The summed E-state index contributed by atoms with van der Waals surface area (Å²) in [4.78, 5) is 2.11. The lowest BCUT2D eigenvalue weighted by atomic mass is 10.2. The first kappa shape index (κ1) is 14.7. The summed E-state index contributed by atoms with van der Waals surface area (Å²) in [6.45, 7) is 2.53. The maximum atomic E-state index is 5.19. The minimum atomic E-state index is 0.688. The first-order valence-electron chi connectivity index (χ1n) is 5.91. The summed E-state index contributed by atoms with van der Waals surface area (Å²) < 4.78 is 5.11. The maximum Gasteiger partial charge on any atom is 0.166 e. The molecule has 0 aromatic heterocycles. The van der Waals surface area contributed by atoms with Gasteiger partial charge in [0.2, 0.25) is 0 Å². The van der Waals surface area contributed by atoms with Gasteiger partial charge in [-0.05, 0) is 44.0 Å². The molecule has 5 heteroatoms. The van der Waals surface area contributed by atoms with Crippen molar-refractivity contribution >= 4 is 17.3 Å². The highest BCUT2D eigenvalue weighted by Gasteiger charge is 1.97. The number of hydrogen-bond acceptors (Lipinski definition) is 3. The Morgan fingerprint density at radius 3 is 2.44 bits per heavy atom. The van der Waals surface area contributed by atoms with Crippen LogP contribution in [0.2, 0.25) is 0 Å². The molecule has 1 aromatic rings. The van der Waals surface area contributed by atoms with Crippen molar-refractivity contribution in [3.05, 3.63) is 29.8 Å². The lowest BCUT2D eigenvalue weighted by Crippen LogP contribution is -2.38. The molecule has 0 saturated heterocycles. The first-order valence-corrected chi connectivity index (χ1v) is 6.32. The molecule has 0 aliphatic heterocycles. The van der Waals surface area contributed by atoms with Gasteiger partial charge in [-0.25, -0.2) is 0 Å². The molecule has 0 bridgehead atoms. The van der Waals surface area contributed by atoms with Gasteiger partial charge in [-0.1, -0.05) is 12.1 Å². The van der Waals surface area contributed by atoms with Gasteiger partial charge in [-0.3, -0.25) is 0 Å². The highest BCUT2D eigenvalue weighted by atomic mass is 32.1. The molecule has 0 atom stereocenters. The van der Waals surface area contributed by atoms with Gasteiger partial charge in [0.05, 0.1) is 7.11 Å². The van der Waals surface area contributed by atoms with Crippen LogP contribution in [-0.2, 0) is 6.54 Å². The maximum absolute atomic E-state index is 5.19. The molecular formula is C13H21N3OS. The summed E-state index contributed by atoms with van der Waals surface area (Å²) in [6.07, 6.45) is 0. The van der Waals surface area contributed by atoms with Gasteiger partial charge in [0.1, 0.15) is 5.75 Å². The van der Waals surface area contributed by atoms with Crippen LogP contribution in [0.5, 0.6) is 5.75 Å². The van der Waals surface area contributed by atoms with Crippen LogP contribution in [-0.4, -0.2) is 44.3 Å². The van der Waals surface area contributed by atoms with Crippen LogP contribution in [0.1, 0.15) is 5.56 Å². The molecule has 100 valence electrons. The summed E-state index contributed by atoms with van der Waals surface area (Å²) in [5.41, 5.74) is 1.17. The highest BCUT2D eigenvalue weighted by Crippen LogP contribution is 2.10. The fourth-order valence-electron chi connectivity index (χ4n) is 1.38. The monoisotopic (exact) mass is 267 g/mol. The molecule has 0 aliphatic rings. The third kappa shape index (κ3) is 5.84. The quantitative estimate of drug-likeness (QED) is 0.758. The zero-order valence-corrected chi connectivity index (χ0v) is 12.0. The van der Waals surface area contributed by atoms with E-state index in [0.717, 1.165) is 25.4 Å². The smallest absolute Gasteiger partial charge is 0.166 e. The second-order valence-electron chi connectivity index (χ2n) is 4.26. The van der Waals surface area contributed by atoms with E-state index in [-0.39, 0.29) is 0 Å². The molecular weight excluding hydrogens is 246 g/mol. The predicted molar refractivity (Wildman–Crippen MR) is 79.0 cm³/mol. The van der Waals surface area contributed by atoms with Crippen molar-refractivity contribution in [2.75, 3.05) is 34.3 Å². The third-order valence-corrected chi connectivity index (χ3v) is 2.75. The molecule has 0 spiro atoms. The Morgan fingerprint density at radius 1 is 1.22 bits per heavy atom. The topological polar surface area (TPSA) is 36.5 Å². The molecule has 0 heterocycles. The van der Waals surface area contributed by atoms with E-state index in [4.69, 9.17) is 17.0 Å². The van der Waals surface area contributed by atoms with Gasteiger partial charge in [-0.2, -0.15) is 0 Å². The SMILES string of the molecule is COc1ccc(CNC(=S)NCCN(C)C)cc1. The largest absolute Gasteiger partial charge is 0.497 e. The molecule has 2 N–H and O–H groups in total. The van der Waals surface area contributed by atoms with Gasteiger partial charge >= 0.3 is 0 Å². The Morgan fingerprint density at radius 2 is 1.89 bits per heavy atom. The fraction of sp³-hybridized carbons (Fsp3) is 0.462. The van der Waals surface area contributed by atoms with Crippen molar-refractivity contribution in [3.8, 4) is 5.75 Å². The molecule has 0 unspecified atom stereocenters. The predicted octanol–water partition coefficient (Wildman–Crippen LogP) is 1.22. The number of nitrogens with zero attached hydrogens (tertiary/aromatic N) is 1. The number of thiocarbonyl (C=S) groups is 1. The van der Waals surface area contributed by atoms with E-state index < -0.39 is 0 Å². The van der Waals surface area contributed by atoms with Crippen molar-refractivity contribution in [2.45, 2.75) is 6.54 Å². The molecule has 1 rings (SSSR count). The highest BCUT2D eigenvalue weighted by molar-refractivity contribution is 7.80. The van der Waals surface area contributed by atoms with Crippen molar-refractivity contribution in [1.29, 1.82) is 0 Å². The van der Waals surface area contributed by atoms with Gasteiger partial charge < -0.3 is 20.3 Å². The lowest BCUT2D eigenvalue weighted by Gasteiger charge is -2.13. The molecule has 0 aliphatic carbocycles. The number of ether oxygens (including phenoxy) is 1. The Hall–Kier alpha value is -1.33. The number of methoxy groups -OCH3 is 1.